The highest BCUT2D eigenvalue weighted by Crippen LogP contribution is 2.33. The van der Waals surface area contributed by atoms with Crippen LogP contribution in [-0.4, -0.2) is 33.1 Å². The number of anilines is 1. The van der Waals surface area contributed by atoms with E-state index in [9.17, 15) is 4.79 Å². The van der Waals surface area contributed by atoms with Crippen molar-refractivity contribution in [3.05, 3.63) is 88.6 Å². The van der Waals surface area contributed by atoms with E-state index < -0.39 is 0 Å². The van der Waals surface area contributed by atoms with Gasteiger partial charge in [0.25, 0.3) is 5.91 Å². The second-order valence-corrected chi connectivity index (χ2v) is 7.33. The number of hydrogen-bond donors (Lipinski definition) is 0. The van der Waals surface area contributed by atoms with E-state index in [4.69, 9.17) is 30.8 Å². The molecule has 32 heavy (non-hydrogen) atoms. The number of para-hydroxylation sites is 1. The van der Waals surface area contributed by atoms with Crippen LogP contribution in [0.2, 0.25) is 5.02 Å². The lowest BCUT2D eigenvalue weighted by Crippen LogP contribution is -2.32. The molecule has 3 aromatic rings. The van der Waals surface area contributed by atoms with Crippen molar-refractivity contribution in [3.63, 3.8) is 0 Å². The first-order chi connectivity index (χ1) is 15.5. The zero-order chi connectivity index (χ0) is 22.7. The van der Waals surface area contributed by atoms with Gasteiger partial charge in [0.2, 0.25) is 0 Å². The Bertz CT molecular complexity index is 1220. The van der Waals surface area contributed by atoms with Crippen LogP contribution in [0.4, 0.5) is 5.69 Å². The minimum Gasteiger partial charge on any atom is -0.496 e. The number of amidine groups is 1. The summed E-state index contributed by atoms with van der Waals surface area (Å²) in [5, 5.41) is 0.581. The number of methoxy groups -OCH3 is 3. The number of benzene rings is 3. The van der Waals surface area contributed by atoms with Crippen molar-refractivity contribution in [3.8, 4) is 17.2 Å². The van der Waals surface area contributed by atoms with Crippen LogP contribution in [0.25, 0.3) is 6.08 Å². The van der Waals surface area contributed by atoms with Crippen LogP contribution in [0.3, 0.4) is 0 Å². The number of carbonyl (C=O) groups excluding carboxylic acids is 1. The predicted octanol–water partition coefficient (Wildman–Crippen LogP) is 5.20. The van der Waals surface area contributed by atoms with Gasteiger partial charge in [-0.05, 0) is 60.2 Å². The molecule has 0 aromatic heterocycles. The fraction of sp³-hybridized carbons (Fsp3) is 0.120. The van der Waals surface area contributed by atoms with Crippen molar-refractivity contribution in [2.24, 2.45) is 4.99 Å². The van der Waals surface area contributed by atoms with Gasteiger partial charge in [-0.2, -0.15) is 0 Å². The molecule has 162 valence electrons. The lowest BCUT2D eigenvalue weighted by molar-refractivity contribution is -0.113. The molecule has 1 heterocycles. The number of amides is 1. The molecule has 0 bridgehead atoms. The van der Waals surface area contributed by atoms with Crippen LogP contribution in [-0.2, 0) is 4.79 Å². The third-order valence-electron chi connectivity index (χ3n) is 5.00. The van der Waals surface area contributed by atoms with Crippen LogP contribution >= 0.6 is 11.6 Å². The van der Waals surface area contributed by atoms with Gasteiger partial charge in [-0.3, -0.25) is 9.69 Å². The van der Waals surface area contributed by atoms with E-state index in [1.165, 1.54) is 0 Å². The van der Waals surface area contributed by atoms with Crippen molar-refractivity contribution >= 4 is 35.1 Å². The monoisotopic (exact) mass is 448 g/mol. The number of halogens is 1. The van der Waals surface area contributed by atoms with Crippen LogP contribution in [0.15, 0.2) is 77.4 Å². The molecular weight excluding hydrogens is 428 g/mol. The lowest BCUT2D eigenvalue weighted by atomic mass is 10.1. The van der Waals surface area contributed by atoms with Gasteiger partial charge in [-0.15, -0.1) is 0 Å². The Morgan fingerprint density at radius 3 is 2.22 bits per heavy atom. The summed E-state index contributed by atoms with van der Waals surface area (Å²) >= 11 is 6.06. The Morgan fingerprint density at radius 2 is 1.53 bits per heavy atom. The standard InChI is InChI=1S/C25H21ClN2O4/c1-30-21-7-5-4-6-19(21)24-27-20(14-16-8-13-22(31-2)23(15-16)32-3)25(29)28(24)18-11-9-17(26)10-12-18/h4-15H,1-3H3/b20-14+. The second-order valence-electron chi connectivity index (χ2n) is 6.90. The van der Waals surface area contributed by atoms with Crippen molar-refractivity contribution in [2.45, 2.75) is 0 Å². The number of ether oxygens (including phenoxy) is 3. The molecule has 7 heteroatoms. The molecular formula is C25H21ClN2O4. The largest absolute Gasteiger partial charge is 0.496 e. The molecule has 1 aliphatic rings. The maximum absolute atomic E-state index is 13.5. The summed E-state index contributed by atoms with van der Waals surface area (Å²) in [6.45, 7) is 0. The van der Waals surface area contributed by atoms with Crippen molar-refractivity contribution in [1.82, 2.24) is 0 Å². The first-order valence-corrected chi connectivity index (χ1v) is 10.2. The molecule has 0 radical (unpaired) electrons. The van der Waals surface area contributed by atoms with E-state index in [0.29, 0.717) is 39.4 Å². The molecule has 1 aliphatic heterocycles. The van der Waals surface area contributed by atoms with E-state index in [2.05, 4.69) is 0 Å². The topological polar surface area (TPSA) is 60.4 Å². The molecule has 4 rings (SSSR count). The van der Waals surface area contributed by atoms with E-state index >= 15 is 0 Å². The third kappa shape index (κ3) is 4.05. The van der Waals surface area contributed by atoms with Crippen LogP contribution in [0, 0.1) is 0 Å². The van der Waals surface area contributed by atoms with Gasteiger partial charge in [0.1, 0.15) is 11.4 Å². The van der Waals surface area contributed by atoms with Crippen molar-refractivity contribution in [2.75, 3.05) is 26.2 Å². The molecule has 0 unspecified atom stereocenters. The summed E-state index contributed by atoms with van der Waals surface area (Å²) in [6, 6.07) is 19.9. The number of nitrogens with zero attached hydrogens (tertiary/aromatic N) is 2. The van der Waals surface area contributed by atoms with Crippen molar-refractivity contribution < 1.29 is 19.0 Å². The third-order valence-corrected chi connectivity index (χ3v) is 5.26. The molecule has 1 amide bonds. The first-order valence-electron chi connectivity index (χ1n) is 9.81. The molecule has 0 saturated heterocycles. The Morgan fingerprint density at radius 1 is 0.844 bits per heavy atom. The van der Waals surface area contributed by atoms with Crippen molar-refractivity contribution in [1.29, 1.82) is 0 Å². The SMILES string of the molecule is COc1ccc(/C=C2/N=C(c3ccccc3OC)N(c3ccc(Cl)cc3)C2=O)cc1OC. The Balaban J connectivity index is 1.84. The van der Waals surface area contributed by atoms with E-state index in [1.807, 2.05) is 30.3 Å². The fourth-order valence-corrected chi connectivity index (χ4v) is 3.58. The quantitative estimate of drug-likeness (QED) is 0.486. The van der Waals surface area contributed by atoms with Crippen LogP contribution in [0.5, 0.6) is 17.2 Å². The zero-order valence-corrected chi connectivity index (χ0v) is 18.6. The lowest BCUT2D eigenvalue weighted by Gasteiger charge is -2.20. The number of carbonyl (C=O) groups is 1. The summed E-state index contributed by atoms with van der Waals surface area (Å²) in [4.78, 5) is 19.7. The van der Waals surface area contributed by atoms with E-state index in [0.717, 1.165) is 5.56 Å². The molecule has 0 saturated carbocycles. The summed E-state index contributed by atoms with van der Waals surface area (Å²) in [6.07, 6.45) is 1.72. The number of hydrogen-bond acceptors (Lipinski definition) is 5. The first kappa shape index (κ1) is 21.5. The number of aliphatic imine (C=N–C) groups is 1. The maximum Gasteiger partial charge on any atom is 0.282 e. The molecule has 0 N–H and O–H groups in total. The summed E-state index contributed by atoms with van der Waals surface area (Å²) in [5.74, 6) is 2.00. The van der Waals surface area contributed by atoms with Gasteiger partial charge in [-0.25, -0.2) is 4.99 Å². The fourth-order valence-electron chi connectivity index (χ4n) is 3.46. The van der Waals surface area contributed by atoms with Gasteiger partial charge < -0.3 is 14.2 Å². The molecule has 6 nitrogen and oxygen atoms in total. The molecule has 0 atom stereocenters. The molecule has 0 spiro atoms. The molecule has 0 aliphatic carbocycles. The average molecular weight is 449 g/mol. The highest BCUT2D eigenvalue weighted by atomic mass is 35.5. The van der Waals surface area contributed by atoms with Crippen LogP contribution in [0.1, 0.15) is 11.1 Å². The summed E-state index contributed by atoms with van der Waals surface area (Å²) < 4.78 is 16.2. The Hall–Kier alpha value is -3.77. The highest BCUT2D eigenvalue weighted by molar-refractivity contribution is 6.34. The molecule has 0 fully saturated rings. The van der Waals surface area contributed by atoms with Gasteiger partial charge in [-0.1, -0.05) is 29.8 Å². The van der Waals surface area contributed by atoms with E-state index in [1.54, 1.807) is 68.7 Å². The van der Waals surface area contributed by atoms with Gasteiger partial charge in [0.15, 0.2) is 17.3 Å². The summed E-state index contributed by atoms with van der Waals surface area (Å²) in [7, 11) is 4.73. The van der Waals surface area contributed by atoms with Crippen LogP contribution < -0.4 is 19.1 Å². The van der Waals surface area contributed by atoms with Gasteiger partial charge in [0, 0.05) is 5.02 Å². The Labute approximate surface area is 191 Å². The Kier molecular flexibility index (Phi) is 6.14. The van der Waals surface area contributed by atoms with Gasteiger partial charge in [0.05, 0.1) is 32.6 Å². The smallest absolute Gasteiger partial charge is 0.282 e. The van der Waals surface area contributed by atoms with E-state index in [-0.39, 0.29) is 11.6 Å². The minimum absolute atomic E-state index is 0.261. The highest BCUT2D eigenvalue weighted by Gasteiger charge is 2.33. The minimum atomic E-state index is -0.261. The van der Waals surface area contributed by atoms with Gasteiger partial charge >= 0.3 is 0 Å². The zero-order valence-electron chi connectivity index (χ0n) is 17.8. The maximum atomic E-state index is 13.5. The molecule has 3 aromatic carbocycles. The number of rotatable bonds is 6. The predicted molar refractivity (Wildman–Crippen MR) is 126 cm³/mol. The second kappa shape index (κ2) is 9.16. The summed E-state index contributed by atoms with van der Waals surface area (Å²) in [5.41, 5.74) is 2.40. The average Bonchev–Trinajstić information content (AvgIpc) is 3.15. The normalized spacial score (nSPS) is 14.5.